The molecule has 1 heterocycles. The normalized spacial score (nSPS) is 11.5. The molecule has 0 atom stereocenters. The number of carbonyl (C=O) groups excluding carboxylic acids is 1. The standard InChI is InChI=1S/C18H19ClF2N2O2S/c1-18(2,3)25-14(24)8-7-12-15(22-17(26-4)23-16(12)19)11-6-5-10(20)9-13(11)21/h5-6,9H,7-8H2,1-4H3. The molecule has 0 N–H and O–H groups in total. The maximum atomic E-state index is 14.3. The van der Waals surface area contributed by atoms with Crippen molar-refractivity contribution in [1.82, 2.24) is 9.97 Å². The number of rotatable bonds is 5. The number of carbonyl (C=O) groups is 1. The highest BCUT2D eigenvalue weighted by atomic mass is 35.5. The summed E-state index contributed by atoms with van der Waals surface area (Å²) in [4.78, 5) is 20.5. The van der Waals surface area contributed by atoms with Gasteiger partial charge in [-0.3, -0.25) is 4.79 Å². The van der Waals surface area contributed by atoms with Crippen LogP contribution in [-0.2, 0) is 16.0 Å². The maximum Gasteiger partial charge on any atom is 0.306 e. The summed E-state index contributed by atoms with van der Waals surface area (Å²) in [6.07, 6.45) is 1.97. The predicted molar refractivity (Wildman–Crippen MR) is 98.3 cm³/mol. The Bertz CT molecular complexity index is 826. The fraction of sp³-hybridized carbons (Fsp3) is 0.389. The second kappa shape index (κ2) is 8.31. The number of thioether (sulfide) groups is 1. The molecule has 0 aliphatic heterocycles. The molecule has 2 aromatic rings. The van der Waals surface area contributed by atoms with Crippen molar-refractivity contribution in [3.63, 3.8) is 0 Å². The Morgan fingerprint density at radius 3 is 2.54 bits per heavy atom. The summed E-state index contributed by atoms with van der Waals surface area (Å²) < 4.78 is 32.8. The van der Waals surface area contributed by atoms with Crippen LogP contribution in [0.25, 0.3) is 11.3 Å². The monoisotopic (exact) mass is 400 g/mol. The van der Waals surface area contributed by atoms with Crippen LogP contribution in [0.1, 0.15) is 32.8 Å². The first kappa shape index (κ1) is 20.6. The van der Waals surface area contributed by atoms with Crippen LogP contribution in [0.4, 0.5) is 8.78 Å². The van der Waals surface area contributed by atoms with Gasteiger partial charge in [-0.25, -0.2) is 18.7 Å². The molecule has 0 saturated carbocycles. The zero-order valence-electron chi connectivity index (χ0n) is 14.9. The average Bonchev–Trinajstić information content (AvgIpc) is 2.51. The molecule has 0 aliphatic rings. The van der Waals surface area contributed by atoms with E-state index >= 15 is 0 Å². The van der Waals surface area contributed by atoms with Gasteiger partial charge in [0.25, 0.3) is 0 Å². The van der Waals surface area contributed by atoms with E-state index in [4.69, 9.17) is 16.3 Å². The van der Waals surface area contributed by atoms with Gasteiger partial charge in [-0.2, -0.15) is 0 Å². The Morgan fingerprint density at radius 2 is 1.96 bits per heavy atom. The quantitative estimate of drug-likeness (QED) is 0.303. The molecule has 0 unspecified atom stereocenters. The van der Waals surface area contributed by atoms with Gasteiger partial charge in [-0.1, -0.05) is 23.4 Å². The summed E-state index contributed by atoms with van der Waals surface area (Å²) in [5.41, 5.74) is 0.160. The number of hydrogen-bond acceptors (Lipinski definition) is 5. The summed E-state index contributed by atoms with van der Waals surface area (Å²) in [5, 5.41) is 0.487. The maximum absolute atomic E-state index is 14.3. The third-order valence-electron chi connectivity index (χ3n) is 3.30. The lowest BCUT2D eigenvalue weighted by Gasteiger charge is -2.19. The topological polar surface area (TPSA) is 52.1 Å². The van der Waals surface area contributed by atoms with Gasteiger partial charge in [0.05, 0.1) is 5.69 Å². The minimum atomic E-state index is -0.759. The van der Waals surface area contributed by atoms with E-state index in [1.165, 1.54) is 17.8 Å². The van der Waals surface area contributed by atoms with E-state index in [1.807, 2.05) is 0 Å². The van der Waals surface area contributed by atoms with Gasteiger partial charge in [-0.05, 0) is 45.6 Å². The number of benzene rings is 1. The largest absolute Gasteiger partial charge is 0.460 e. The summed E-state index contributed by atoms with van der Waals surface area (Å²) in [7, 11) is 0. The molecule has 2 rings (SSSR count). The molecule has 0 aliphatic carbocycles. The van der Waals surface area contributed by atoms with Crippen molar-refractivity contribution in [3.8, 4) is 11.3 Å². The van der Waals surface area contributed by atoms with Crippen molar-refractivity contribution < 1.29 is 18.3 Å². The molecule has 8 heteroatoms. The number of halogens is 3. The Morgan fingerprint density at radius 1 is 1.27 bits per heavy atom. The predicted octanol–water partition coefficient (Wildman–Crippen LogP) is 5.07. The first-order valence-corrected chi connectivity index (χ1v) is 9.48. The van der Waals surface area contributed by atoms with Crippen molar-refractivity contribution in [2.45, 2.75) is 44.4 Å². The molecule has 0 spiro atoms. The first-order chi connectivity index (χ1) is 12.1. The van der Waals surface area contributed by atoms with Crippen LogP contribution in [0.15, 0.2) is 23.4 Å². The first-order valence-electron chi connectivity index (χ1n) is 7.88. The Labute approximate surface area is 160 Å². The summed E-state index contributed by atoms with van der Waals surface area (Å²) >= 11 is 7.50. The molecule has 1 aromatic heterocycles. The van der Waals surface area contributed by atoms with Gasteiger partial charge in [0.1, 0.15) is 22.4 Å². The van der Waals surface area contributed by atoms with Gasteiger partial charge in [-0.15, -0.1) is 0 Å². The Hall–Kier alpha value is -1.73. The van der Waals surface area contributed by atoms with Crippen molar-refractivity contribution >= 4 is 29.3 Å². The van der Waals surface area contributed by atoms with Gasteiger partial charge in [0.2, 0.25) is 0 Å². The Kier molecular flexibility index (Phi) is 6.58. The lowest BCUT2D eigenvalue weighted by atomic mass is 10.0. The van der Waals surface area contributed by atoms with Gasteiger partial charge in [0.15, 0.2) is 5.16 Å². The fourth-order valence-electron chi connectivity index (χ4n) is 2.27. The summed E-state index contributed by atoms with van der Waals surface area (Å²) in [6.45, 7) is 5.31. The van der Waals surface area contributed by atoms with Crippen LogP contribution in [0.3, 0.4) is 0 Å². The second-order valence-corrected chi connectivity index (χ2v) is 7.67. The highest BCUT2D eigenvalue weighted by molar-refractivity contribution is 7.98. The van der Waals surface area contributed by atoms with Crippen molar-refractivity contribution in [2.24, 2.45) is 0 Å². The van der Waals surface area contributed by atoms with Gasteiger partial charge in [0, 0.05) is 23.6 Å². The van der Waals surface area contributed by atoms with E-state index < -0.39 is 23.2 Å². The zero-order chi connectivity index (χ0) is 19.5. The average molecular weight is 401 g/mol. The molecular weight excluding hydrogens is 382 g/mol. The zero-order valence-corrected chi connectivity index (χ0v) is 16.5. The summed E-state index contributed by atoms with van der Waals surface area (Å²) in [5.74, 6) is -1.86. The molecule has 0 fully saturated rings. The van der Waals surface area contributed by atoms with E-state index in [0.717, 1.165) is 12.1 Å². The molecule has 4 nitrogen and oxygen atoms in total. The molecule has 0 bridgehead atoms. The molecular formula is C18H19ClF2N2O2S. The fourth-order valence-corrected chi connectivity index (χ4v) is 2.95. The van der Waals surface area contributed by atoms with Crippen LogP contribution in [0.2, 0.25) is 5.15 Å². The highest BCUT2D eigenvalue weighted by Crippen LogP contribution is 2.31. The van der Waals surface area contributed by atoms with Crippen LogP contribution in [0.5, 0.6) is 0 Å². The molecule has 0 amide bonds. The number of hydrogen-bond donors (Lipinski definition) is 0. The summed E-state index contributed by atoms with van der Waals surface area (Å²) in [6, 6.07) is 3.22. The highest BCUT2D eigenvalue weighted by Gasteiger charge is 2.21. The molecule has 0 saturated heterocycles. The molecule has 26 heavy (non-hydrogen) atoms. The van der Waals surface area contributed by atoms with E-state index in [2.05, 4.69) is 9.97 Å². The van der Waals surface area contributed by atoms with Crippen LogP contribution < -0.4 is 0 Å². The number of esters is 1. The van der Waals surface area contributed by atoms with Crippen molar-refractivity contribution in [3.05, 3.63) is 40.6 Å². The molecule has 0 radical (unpaired) electrons. The lowest BCUT2D eigenvalue weighted by Crippen LogP contribution is -2.24. The third-order valence-corrected chi connectivity index (χ3v) is 4.16. The van der Waals surface area contributed by atoms with Crippen LogP contribution >= 0.6 is 23.4 Å². The van der Waals surface area contributed by atoms with Crippen molar-refractivity contribution in [1.29, 1.82) is 0 Å². The SMILES string of the molecule is CSc1nc(Cl)c(CCC(=O)OC(C)(C)C)c(-c2ccc(F)cc2F)n1. The van der Waals surface area contributed by atoms with E-state index in [9.17, 15) is 13.6 Å². The van der Waals surface area contributed by atoms with E-state index in [-0.39, 0.29) is 29.3 Å². The minimum Gasteiger partial charge on any atom is -0.460 e. The van der Waals surface area contributed by atoms with Crippen molar-refractivity contribution in [2.75, 3.05) is 6.26 Å². The number of ether oxygens (including phenoxy) is 1. The van der Waals surface area contributed by atoms with Gasteiger partial charge < -0.3 is 4.74 Å². The lowest BCUT2D eigenvalue weighted by molar-refractivity contribution is -0.154. The number of aromatic nitrogens is 2. The van der Waals surface area contributed by atoms with Crippen LogP contribution in [0, 0.1) is 11.6 Å². The van der Waals surface area contributed by atoms with E-state index in [0.29, 0.717) is 10.7 Å². The minimum absolute atomic E-state index is 0.0365. The second-order valence-electron chi connectivity index (χ2n) is 6.54. The van der Waals surface area contributed by atoms with E-state index in [1.54, 1.807) is 27.0 Å². The Balaban J connectivity index is 2.40. The smallest absolute Gasteiger partial charge is 0.306 e. The molecule has 1 aromatic carbocycles. The molecule has 140 valence electrons. The van der Waals surface area contributed by atoms with Crippen LogP contribution in [-0.4, -0.2) is 27.8 Å². The third kappa shape index (κ3) is 5.38. The number of nitrogens with zero attached hydrogens (tertiary/aromatic N) is 2. The van der Waals surface area contributed by atoms with Gasteiger partial charge >= 0.3 is 5.97 Å².